The summed E-state index contributed by atoms with van der Waals surface area (Å²) in [5.74, 6) is 1.48. The van der Waals surface area contributed by atoms with E-state index in [1.165, 1.54) is 0 Å². The first kappa shape index (κ1) is 13.2. The van der Waals surface area contributed by atoms with Crippen LogP contribution in [0.25, 0.3) is 0 Å². The molecule has 0 atom stereocenters. The molecule has 1 aromatic rings. The number of methoxy groups -OCH3 is 2. The van der Waals surface area contributed by atoms with Crippen molar-refractivity contribution in [3.63, 3.8) is 0 Å². The molecular formula is C12H18N2O3. The van der Waals surface area contributed by atoms with Gasteiger partial charge in [-0.1, -0.05) is 0 Å². The van der Waals surface area contributed by atoms with Crippen molar-refractivity contribution in [1.82, 2.24) is 10.2 Å². The maximum absolute atomic E-state index is 11.4. The summed E-state index contributed by atoms with van der Waals surface area (Å²) < 4.78 is 10.4. The van der Waals surface area contributed by atoms with E-state index in [1.807, 2.05) is 18.2 Å². The Morgan fingerprint density at radius 2 is 2.06 bits per heavy atom. The van der Waals surface area contributed by atoms with E-state index in [4.69, 9.17) is 9.47 Å². The quantitative estimate of drug-likeness (QED) is 0.864. The second-order valence-corrected chi connectivity index (χ2v) is 3.59. The Morgan fingerprint density at radius 3 is 2.59 bits per heavy atom. The molecule has 0 saturated heterocycles. The highest BCUT2D eigenvalue weighted by Gasteiger charge is 2.11. The van der Waals surface area contributed by atoms with Gasteiger partial charge in [0.1, 0.15) is 11.5 Å². The number of ether oxygens (including phenoxy) is 2. The summed E-state index contributed by atoms with van der Waals surface area (Å²) in [6.07, 6.45) is 0. The molecule has 5 heteroatoms. The molecule has 0 spiro atoms. The Morgan fingerprint density at radius 1 is 1.35 bits per heavy atom. The van der Waals surface area contributed by atoms with Crippen LogP contribution in [0.15, 0.2) is 18.2 Å². The maximum Gasteiger partial charge on any atom is 0.317 e. The van der Waals surface area contributed by atoms with E-state index in [2.05, 4.69) is 5.32 Å². The van der Waals surface area contributed by atoms with Crippen LogP contribution in [0.1, 0.15) is 5.56 Å². The Labute approximate surface area is 101 Å². The summed E-state index contributed by atoms with van der Waals surface area (Å²) in [5, 5.41) is 2.57. The molecule has 0 saturated carbocycles. The number of carbonyl (C=O) groups is 1. The Bertz CT molecular complexity index is 393. The topological polar surface area (TPSA) is 50.8 Å². The van der Waals surface area contributed by atoms with Gasteiger partial charge in [0.15, 0.2) is 0 Å². The zero-order valence-electron chi connectivity index (χ0n) is 10.6. The predicted molar refractivity (Wildman–Crippen MR) is 65.5 cm³/mol. The number of urea groups is 1. The Balaban J connectivity index is 2.91. The molecule has 0 aliphatic carbocycles. The molecule has 1 rings (SSSR count). The Kier molecular flexibility index (Phi) is 4.63. The zero-order chi connectivity index (χ0) is 12.8. The minimum absolute atomic E-state index is 0.144. The van der Waals surface area contributed by atoms with Gasteiger partial charge < -0.3 is 19.7 Å². The molecule has 0 heterocycles. The fourth-order valence-electron chi connectivity index (χ4n) is 1.52. The third-order valence-corrected chi connectivity index (χ3v) is 2.46. The first-order valence-corrected chi connectivity index (χ1v) is 5.26. The van der Waals surface area contributed by atoms with Crippen LogP contribution in [0.5, 0.6) is 11.5 Å². The van der Waals surface area contributed by atoms with E-state index in [0.717, 1.165) is 17.1 Å². The largest absolute Gasteiger partial charge is 0.497 e. The van der Waals surface area contributed by atoms with Gasteiger partial charge in [0.2, 0.25) is 0 Å². The second-order valence-electron chi connectivity index (χ2n) is 3.59. The lowest BCUT2D eigenvalue weighted by molar-refractivity contribution is 0.208. The molecule has 0 radical (unpaired) electrons. The molecule has 17 heavy (non-hydrogen) atoms. The first-order chi connectivity index (χ1) is 8.12. The SMILES string of the molecule is CNC(=O)N(C)Cc1cc(OC)ccc1OC. The van der Waals surface area contributed by atoms with Crippen LogP contribution in [0.3, 0.4) is 0 Å². The molecule has 5 nitrogen and oxygen atoms in total. The van der Waals surface area contributed by atoms with Crippen molar-refractivity contribution in [2.75, 3.05) is 28.3 Å². The number of hydrogen-bond acceptors (Lipinski definition) is 3. The first-order valence-electron chi connectivity index (χ1n) is 5.26. The van der Waals surface area contributed by atoms with Gasteiger partial charge >= 0.3 is 6.03 Å². The maximum atomic E-state index is 11.4. The third kappa shape index (κ3) is 3.27. The number of hydrogen-bond donors (Lipinski definition) is 1. The molecule has 1 aromatic carbocycles. The van der Waals surface area contributed by atoms with Crippen LogP contribution < -0.4 is 14.8 Å². The number of benzene rings is 1. The fourth-order valence-corrected chi connectivity index (χ4v) is 1.52. The number of carbonyl (C=O) groups excluding carboxylic acids is 1. The average molecular weight is 238 g/mol. The lowest BCUT2D eigenvalue weighted by Crippen LogP contribution is -2.34. The van der Waals surface area contributed by atoms with Gasteiger partial charge in [-0.2, -0.15) is 0 Å². The van der Waals surface area contributed by atoms with Crippen molar-refractivity contribution >= 4 is 6.03 Å². The van der Waals surface area contributed by atoms with Crippen molar-refractivity contribution < 1.29 is 14.3 Å². The molecule has 94 valence electrons. The molecule has 0 aliphatic heterocycles. The van der Waals surface area contributed by atoms with Gasteiger partial charge in [0.05, 0.1) is 20.8 Å². The number of rotatable bonds is 4. The van der Waals surface area contributed by atoms with Crippen molar-refractivity contribution in [3.05, 3.63) is 23.8 Å². The highest BCUT2D eigenvalue weighted by Crippen LogP contribution is 2.24. The van der Waals surface area contributed by atoms with Crippen molar-refractivity contribution in [2.45, 2.75) is 6.54 Å². The summed E-state index contributed by atoms with van der Waals surface area (Å²) in [6.45, 7) is 0.458. The van der Waals surface area contributed by atoms with Gasteiger partial charge in [-0.05, 0) is 18.2 Å². The van der Waals surface area contributed by atoms with E-state index >= 15 is 0 Å². The van der Waals surface area contributed by atoms with E-state index in [-0.39, 0.29) is 6.03 Å². The standard InChI is InChI=1S/C12H18N2O3/c1-13-12(15)14(2)8-9-7-10(16-3)5-6-11(9)17-4/h5-7H,8H2,1-4H3,(H,13,15). The van der Waals surface area contributed by atoms with Crippen LogP contribution in [-0.4, -0.2) is 39.2 Å². The normalized spacial score (nSPS) is 9.65. The number of amides is 2. The van der Waals surface area contributed by atoms with Gasteiger partial charge in [-0.25, -0.2) is 4.79 Å². The van der Waals surface area contributed by atoms with Gasteiger partial charge in [-0.3, -0.25) is 0 Å². The van der Waals surface area contributed by atoms with Crippen LogP contribution in [0, 0.1) is 0 Å². The van der Waals surface area contributed by atoms with E-state index in [0.29, 0.717) is 6.54 Å². The lowest BCUT2D eigenvalue weighted by Gasteiger charge is -2.18. The minimum Gasteiger partial charge on any atom is -0.497 e. The van der Waals surface area contributed by atoms with E-state index < -0.39 is 0 Å². The minimum atomic E-state index is -0.144. The summed E-state index contributed by atoms with van der Waals surface area (Å²) >= 11 is 0. The predicted octanol–water partition coefficient (Wildman–Crippen LogP) is 1.47. The van der Waals surface area contributed by atoms with Crippen molar-refractivity contribution in [3.8, 4) is 11.5 Å². The molecule has 0 bridgehead atoms. The van der Waals surface area contributed by atoms with Gasteiger partial charge in [0, 0.05) is 19.7 Å². The molecule has 2 amide bonds. The van der Waals surface area contributed by atoms with Crippen molar-refractivity contribution in [2.24, 2.45) is 0 Å². The smallest absolute Gasteiger partial charge is 0.317 e. The molecular weight excluding hydrogens is 220 g/mol. The highest BCUT2D eigenvalue weighted by atomic mass is 16.5. The Hall–Kier alpha value is -1.91. The van der Waals surface area contributed by atoms with Crippen LogP contribution in [-0.2, 0) is 6.54 Å². The van der Waals surface area contributed by atoms with Crippen LogP contribution in [0.2, 0.25) is 0 Å². The fraction of sp³-hybridized carbons (Fsp3) is 0.417. The van der Waals surface area contributed by atoms with Gasteiger partial charge in [0.25, 0.3) is 0 Å². The second kappa shape index (κ2) is 5.98. The summed E-state index contributed by atoms with van der Waals surface area (Å²) in [7, 11) is 6.53. The number of nitrogens with one attached hydrogen (secondary N) is 1. The molecule has 0 aromatic heterocycles. The lowest BCUT2D eigenvalue weighted by atomic mass is 10.2. The van der Waals surface area contributed by atoms with Gasteiger partial charge in [-0.15, -0.1) is 0 Å². The summed E-state index contributed by atoms with van der Waals surface area (Å²) in [6, 6.07) is 5.36. The molecule has 0 aliphatic rings. The highest BCUT2D eigenvalue weighted by molar-refractivity contribution is 5.73. The van der Waals surface area contributed by atoms with Crippen LogP contribution in [0.4, 0.5) is 4.79 Å². The number of nitrogens with zero attached hydrogens (tertiary/aromatic N) is 1. The molecule has 1 N–H and O–H groups in total. The average Bonchev–Trinajstić information content (AvgIpc) is 2.37. The van der Waals surface area contributed by atoms with E-state index in [9.17, 15) is 4.79 Å². The molecule has 0 unspecified atom stereocenters. The van der Waals surface area contributed by atoms with E-state index in [1.54, 1.807) is 33.2 Å². The molecule has 0 fully saturated rings. The summed E-state index contributed by atoms with van der Waals surface area (Å²) in [5.41, 5.74) is 0.901. The monoisotopic (exact) mass is 238 g/mol. The van der Waals surface area contributed by atoms with Crippen LogP contribution >= 0.6 is 0 Å². The summed E-state index contributed by atoms with van der Waals surface area (Å²) in [4.78, 5) is 13.0. The zero-order valence-corrected chi connectivity index (χ0v) is 10.6. The third-order valence-electron chi connectivity index (χ3n) is 2.46. The van der Waals surface area contributed by atoms with Crippen molar-refractivity contribution in [1.29, 1.82) is 0 Å².